The molecule has 7 aromatic rings. The summed E-state index contributed by atoms with van der Waals surface area (Å²) in [6.07, 6.45) is 0. The highest BCUT2D eigenvalue weighted by Gasteiger charge is 2.16. The molecule has 0 saturated carbocycles. The summed E-state index contributed by atoms with van der Waals surface area (Å²) in [6, 6.07) is 38.8. The van der Waals surface area contributed by atoms with E-state index in [-0.39, 0.29) is 0 Å². The van der Waals surface area contributed by atoms with E-state index in [1.165, 1.54) is 11.1 Å². The lowest BCUT2D eigenvalue weighted by Crippen LogP contribution is -1.92. The van der Waals surface area contributed by atoms with E-state index in [4.69, 9.17) is 13.8 Å². The molecular formula is C31H20N2O2. The van der Waals surface area contributed by atoms with Crippen LogP contribution >= 0.6 is 0 Å². The van der Waals surface area contributed by atoms with E-state index in [0.717, 1.165) is 50.0 Å². The summed E-state index contributed by atoms with van der Waals surface area (Å²) in [5, 5.41) is 5.64. The van der Waals surface area contributed by atoms with Crippen LogP contribution in [-0.2, 0) is 0 Å². The van der Waals surface area contributed by atoms with Crippen LogP contribution in [0.15, 0.2) is 124 Å². The van der Waals surface area contributed by atoms with Crippen LogP contribution in [0.4, 0.5) is 11.4 Å². The topological polar surface area (TPSA) is 51.2 Å². The van der Waals surface area contributed by atoms with Crippen molar-refractivity contribution in [3.05, 3.63) is 115 Å². The zero-order valence-corrected chi connectivity index (χ0v) is 18.7. The van der Waals surface area contributed by atoms with Gasteiger partial charge in [-0.15, -0.1) is 0 Å². The van der Waals surface area contributed by atoms with Crippen LogP contribution in [0.5, 0.6) is 0 Å². The van der Waals surface area contributed by atoms with Gasteiger partial charge < -0.3 is 14.2 Å². The molecule has 0 radical (unpaired) electrons. The fourth-order valence-corrected chi connectivity index (χ4v) is 4.57. The number of para-hydroxylation sites is 3. The number of fused-ring (bicyclic) bond motifs is 4. The summed E-state index contributed by atoms with van der Waals surface area (Å²) in [5.74, 6) is 0.584. The number of benzene rings is 5. The normalized spacial score (nSPS) is 11.4. The SMILES string of the molecule is c1ccc(-c2ccc(Nc3cc(-c4nc5ccccc5o4)cc4c3oc3ccccc34)cc2)cc1. The molecule has 0 bridgehead atoms. The lowest BCUT2D eigenvalue weighted by Gasteiger charge is -2.10. The minimum Gasteiger partial charge on any atom is -0.454 e. The van der Waals surface area contributed by atoms with Crippen molar-refractivity contribution in [2.75, 3.05) is 5.32 Å². The van der Waals surface area contributed by atoms with E-state index in [9.17, 15) is 0 Å². The Kier molecular flexibility index (Phi) is 4.42. The molecule has 2 heterocycles. The van der Waals surface area contributed by atoms with E-state index >= 15 is 0 Å². The van der Waals surface area contributed by atoms with Gasteiger partial charge in [-0.05, 0) is 53.6 Å². The number of furan rings is 1. The van der Waals surface area contributed by atoms with Crippen LogP contribution in [0.1, 0.15) is 0 Å². The third-order valence-electron chi connectivity index (χ3n) is 6.29. The summed E-state index contributed by atoms with van der Waals surface area (Å²) in [4.78, 5) is 4.72. The highest BCUT2D eigenvalue weighted by molar-refractivity contribution is 6.10. The van der Waals surface area contributed by atoms with E-state index in [0.29, 0.717) is 5.89 Å². The zero-order valence-electron chi connectivity index (χ0n) is 18.7. The monoisotopic (exact) mass is 452 g/mol. The average molecular weight is 453 g/mol. The first kappa shape index (κ1) is 19.6. The van der Waals surface area contributed by atoms with Crippen molar-refractivity contribution >= 4 is 44.4 Å². The summed E-state index contributed by atoms with van der Waals surface area (Å²) in [7, 11) is 0. The standard InChI is InChI=1S/C31H20N2O2/c1-2-8-20(9-3-1)21-14-16-23(17-15-21)32-27-19-22(31-33-26-11-5-7-13-29(26)35-31)18-25-24-10-4-6-12-28(24)34-30(25)27/h1-19,32H. The zero-order chi connectivity index (χ0) is 23.2. The molecule has 35 heavy (non-hydrogen) atoms. The first-order valence-corrected chi connectivity index (χ1v) is 11.6. The Morgan fingerprint density at radius 1 is 0.543 bits per heavy atom. The van der Waals surface area contributed by atoms with Crippen LogP contribution in [0.2, 0.25) is 0 Å². The van der Waals surface area contributed by atoms with Crippen molar-refractivity contribution in [1.29, 1.82) is 0 Å². The molecule has 0 spiro atoms. The van der Waals surface area contributed by atoms with Crippen LogP contribution in [0.25, 0.3) is 55.6 Å². The van der Waals surface area contributed by atoms with E-state index < -0.39 is 0 Å². The molecule has 2 aromatic heterocycles. The Hall–Kier alpha value is -4.83. The van der Waals surface area contributed by atoms with Crippen molar-refractivity contribution in [1.82, 2.24) is 4.98 Å². The Balaban J connectivity index is 1.36. The van der Waals surface area contributed by atoms with Gasteiger partial charge in [-0.3, -0.25) is 0 Å². The molecule has 0 saturated heterocycles. The minimum atomic E-state index is 0.584. The Bertz CT molecular complexity index is 1780. The molecule has 0 aliphatic rings. The second-order valence-electron chi connectivity index (χ2n) is 8.55. The van der Waals surface area contributed by atoms with Crippen LogP contribution in [0.3, 0.4) is 0 Å². The summed E-state index contributed by atoms with van der Waals surface area (Å²) in [6.45, 7) is 0. The molecule has 4 nitrogen and oxygen atoms in total. The number of hydrogen-bond acceptors (Lipinski definition) is 4. The fraction of sp³-hybridized carbons (Fsp3) is 0. The Morgan fingerprint density at radius 2 is 1.26 bits per heavy atom. The van der Waals surface area contributed by atoms with Gasteiger partial charge >= 0.3 is 0 Å². The molecule has 4 heteroatoms. The quantitative estimate of drug-likeness (QED) is 0.290. The molecule has 0 aliphatic carbocycles. The van der Waals surface area contributed by atoms with Gasteiger partial charge in [0.2, 0.25) is 5.89 Å². The number of nitrogens with one attached hydrogen (secondary N) is 1. The lowest BCUT2D eigenvalue weighted by atomic mass is 10.1. The van der Waals surface area contributed by atoms with E-state index in [1.807, 2.05) is 54.6 Å². The Morgan fingerprint density at radius 3 is 2.09 bits per heavy atom. The maximum absolute atomic E-state index is 6.29. The van der Waals surface area contributed by atoms with Gasteiger partial charge in [0.05, 0.1) is 5.69 Å². The highest BCUT2D eigenvalue weighted by atomic mass is 16.3. The number of hydrogen-bond donors (Lipinski definition) is 1. The van der Waals surface area contributed by atoms with Gasteiger partial charge in [0.1, 0.15) is 11.1 Å². The first-order valence-electron chi connectivity index (χ1n) is 11.6. The molecule has 0 amide bonds. The summed E-state index contributed by atoms with van der Waals surface area (Å²) in [5.41, 5.74) is 8.35. The van der Waals surface area contributed by atoms with E-state index in [2.05, 4.69) is 66.0 Å². The largest absolute Gasteiger partial charge is 0.454 e. The summed E-state index contributed by atoms with van der Waals surface area (Å²) >= 11 is 0. The summed E-state index contributed by atoms with van der Waals surface area (Å²) < 4.78 is 12.4. The van der Waals surface area contributed by atoms with E-state index in [1.54, 1.807) is 0 Å². The van der Waals surface area contributed by atoms with Crippen LogP contribution in [-0.4, -0.2) is 4.98 Å². The molecule has 0 unspecified atom stereocenters. The predicted molar refractivity (Wildman–Crippen MR) is 142 cm³/mol. The Labute approximate surface area is 201 Å². The second-order valence-corrected chi connectivity index (χ2v) is 8.55. The molecule has 1 N–H and O–H groups in total. The van der Waals surface area contributed by atoms with Crippen molar-refractivity contribution < 1.29 is 8.83 Å². The molecular weight excluding hydrogens is 432 g/mol. The van der Waals surface area contributed by atoms with Crippen LogP contribution in [0, 0.1) is 0 Å². The van der Waals surface area contributed by atoms with Gasteiger partial charge in [-0.25, -0.2) is 4.98 Å². The predicted octanol–water partition coefficient (Wildman–Crippen LogP) is 8.80. The van der Waals surface area contributed by atoms with Crippen molar-refractivity contribution in [2.45, 2.75) is 0 Å². The van der Waals surface area contributed by atoms with Crippen LogP contribution < -0.4 is 5.32 Å². The van der Waals surface area contributed by atoms with Gasteiger partial charge in [-0.1, -0.05) is 72.8 Å². The van der Waals surface area contributed by atoms with Gasteiger partial charge in [-0.2, -0.15) is 0 Å². The third kappa shape index (κ3) is 3.44. The lowest BCUT2D eigenvalue weighted by molar-refractivity contribution is 0.620. The highest BCUT2D eigenvalue weighted by Crippen LogP contribution is 2.39. The third-order valence-corrected chi connectivity index (χ3v) is 6.29. The van der Waals surface area contributed by atoms with Crippen molar-refractivity contribution in [3.8, 4) is 22.6 Å². The maximum atomic E-state index is 6.29. The molecule has 0 atom stereocenters. The average Bonchev–Trinajstić information content (AvgIpc) is 3.52. The number of anilines is 2. The van der Waals surface area contributed by atoms with Gasteiger partial charge in [0.25, 0.3) is 0 Å². The molecule has 0 fully saturated rings. The molecule has 5 aromatic carbocycles. The van der Waals surface area contributed by atoms with Crippen molar-refractivity contribution in [3.63, 3.8) is 0 Å². The van der Waals surface area contributed by atoms with Gasteiger partial charge in [0, 0.05) is 22.0 Å². The number of oxazole rings is 1. The number of nitrogens with zero attached hydrogens (tertiary/aromatic N) is 1. The molecule has 0 aliphatic heterocycles. The first-order chi connectivity index (χ1) is 17.3. The fourth-order valence-electron chi connectivity index (χ4n) is 4.57. The van der Waals surface area contributed by atoms with Crippen molar-refractivity contribution in [2.24, 2.45) is 0 Å². The smallest absolute Gasteiger partial charge is 0.227 e. The second kappa shape index (κ2) is 7.89. The minimum absolute atomic E-state index is 0.584. The maximum Gasteiger partial charge on any atom is 0.227 e. The molecule has 166 valence electrons. The molecule has 7 rings (SSSR count). The number of rotatable bonds is 4. The number of aromatic nitrogens is 1. The van der Waals surface area contributed by atoms with Gasteiger partial charge in [0.15, 0.2) is 11.2 Å².